The Morgan fingerprint density at radius 2 is 1.26 bits per heavy atom. The summed E-state index contributed by atoms with van der Waals surface area (Å²) in [7, 11) is 0. The van der Waals surface area contributed by atoms with E-state index in [-0.39, 0.29) is 37.1 Å². The minimum atomic E-state index is -0.815. The van der Waals surface area contributed by atoms with Crippen molar-refractivity contribution in [1.82, 2.24) is 20.0 Å². The Bertz CT molecular complexity index is 1500. The lowest BCUT2D eigenvalue weighted by Gasteiger charge is -2.38. The molecule has 1 saturated carbocycles. The number of carbonyl (C=O) groups excluding carboxylic acids is 3. The van der Waals surface area contributed by atoms with E-state index in [1.807, 2.05) is 54.6 Å². The summed E-state index contributed by atoms with van der Waals surface area (Å²) in [5.74, 6) is 0.741. The van der Waals surface area contributed by atoms with Crippen LogP contribution in [0.5, 0.6) is 0 Å². The standard InChI is InChI=1S/C42H52N4O4/c47-36-25-38(41(50)45-24-12-22-37(45)40(49)43-27-32-15-11-23-44(29-32)28-31-13-10-14-31)46(30-36)39(48)26-42(33-16-4-1-5-17-33,34-18-6-2-7-19-34)35-20-8-3-9-21-35/h1-9,16-21,31-32,36-38,47H,10-15,22-30H2,(H,43,49). The second-order valence-corrected chi connectivity index (χ2v) is 15.1. The third kappa shape index (κ3) is 7.24. The van der Waals surface area contributed by atoms with E-state index in [2.05, 4.69) is 46.6 Å². The Hall–Kier alpha value is -4.01. The molecule has 1 aliphatic carbocycles. The minimum Gasteiger partial charge on any atom is -0.391 e. The lowest BCUT2D eigenvalue weighted by atomic mass is 9.67. The highest BCUT2D eigenvalue weighted by Crippen LogP contribution is 2.43. The maximum absolute atomic E-state index is 14.6. The summed E-state index contributed by atoms with van der Waals surface area (Å²) in [6, 6.07) is 28.8. The summed E-state index contributed by atoms with van der Waals surface area (Å²) in [6.07, 6.45) is 7.12. The molecule has 8 heteroatoms. The van der Waals surface area contributed by atoms with Crippen LogP contribution in [0.3, 0.4) is 0 Å². The maximum Gasteiger partial charge on any atom is 0.246 e. The van der Waals surface area contributed by atoms with Crippen LogP contribution in [0.15, 0.2) is 91.0 Å². The number of nitrogens with one attached hydrogen (secondary N) is 1. The van der Waals surface area contributed by atoms with Crippen LogP contribution in [0.4, 0.5) is 0 Å². The summed E-state index contributed by atoms with van der Waals surface area (Å²) >= 11 is 0. The quantitative estimate of drug-likeness (QED) is 0.279. The van der Waals surface area contributed by atoms with Gasteiger partial charge in [0.2, 0.25) is 17.7 Å². The molecule has 50 heavy (non-hydrogen) atoms. The van der Waals surface area contributed by atoms with Crippen LogP contribution in [0.1, 0.15) is 74.5 Å². The van der Waals surface area contributed by atoms with Crippen molar-refractivity contribution in [2.24, 2.45) is 11.8 Å². The maximum atomic E-state index is 14.6. The van der Waals surface area contributed by atoms with Gasteiger partial charge in [0.25, 0.3) is 0 Å². The number of carbonyl (C=O) groups is 3. The predicted octanol–water partition coefficient (Wildman–Crippen LogP) is 4.99. The summed E-state index contributed by atoms with van der Waals surface area (Å²) in [5, 5.41) is 14.1. The number of benzene rings is 3. The molecule has 2 N–H and O–H groups in total. The van der Waals surface area contributed by atoms with E-state index >= 15 is 0 Å². The van der Waals surface area contributed by atoms with Gasteiger partial charge >= 0.3 is 0 Å². The molecule has 264 valence electrons. The van der Waals surface area contributed by atoms with Crippen molar-refractivity contribution >= 4 is 17.7 Å². The van der Waals surface area contributed by atoms with E-state index in [0.29, 0.717) is 25.4 Å². The molecule has 8 nitrogen and oxygen atoms in total. The van der Waals surface area contributed by atoms with Gasteiger partial charge in [-0.25, -0.2) is 0 Å². The number of aliphatic hydroxyl groups is 1. The van der Waals surface area contributed by atoms with Gasteiger partial charge < -0.3 is 25.1 Å². The van der Waals surface area contributed by atoms with Gasteiger partial charge in [-0.1, -0.05) is 97.4 Å². The van der Waals surface area contributed by atoms with E-state index in [4.69, 9.17) is 0 Å². The van der Waals surface area contributed by atoms with Gasteiger partial charge in [0, 0.05) is 45.6 Å². The number of amides is 3. The number of piperidine rings is 1. The van der Waals surface area contributed by atoms with Crippen molar-refractivity contribution in [1.29, 1.82) is 0 Å². The molecule has 3 aromatic rings. The summed E-state index contributed by atoms with van der Waals surface area (Å²) in [5.41, 5.74) is 2.13. The second kappa shape index (κ2) is 15.5. The molecule has 3 saturated heterocycles. The fourth-order valence-corrected chi connectivity index (χ4v) is 9.01. The molecule has 3 aliphatic heterocycles. The van der Waals surface area contributed by atoms with Gasteiger partial charge in [-0.05, 0) is 73.6 Å². The highest BCUT2D eigenvalue weighted by Gasteiger charge is 2.47. The number of likely N-dealkylation sites (tertiary alicyclic amines) is 3. The highest BCUT2D eigenvalue weighted by atomic mass is 16.3. The normalized spacial score (nSPS) is 24.6. The number of rotatable bonds is 11. The molecule has 0 radical (unpaired) electrons. The van der Waals surface area contributed by atoms with Crippen molar-refractivity contribution in [2.75, 3.05) is 39.3 Å². The number of hydrogen-bond acceptors (Lipinski definition) is 5. The van der Waals surface area contributed by atoms with Crippen molar-refractivity contribution in [3.8, 4) is 0 Å². The van der Waals surface area contributed by atoms with E-state index < -0.39 is 23.6 Å². The Balaban J connectivity index is 1.07. The largest absolute Gasteiger partial charge is 0.391 e. The van der Waals surface area contributed by atoms with E-state index in [0.717, 1.165) is 55.0 Å². The van der Waals surface area contributed by atoms with Crippen LogP contribution in [-0.2, 0) is 19.8 Å². The Labute approximate surface area is 296 Å². The second-order valence-electron chi connectivity index (χ2n) is 15.1. The van der Waals surface area contributed by atoms with Gasteiger partial charge in [-0.3, -0.25) is 14.4 Å². The van der Waals surface area contributed by atoms with Gasteiger partial charge in [-0.2, -0.15) is 0 Å². The van der Waals surface area contributed by atoms with E-state index in [9.17, 15) is 19.5 Å². The molecular weight excluding hydrogens is 624 g/mol. The Morgan fingerprint density at radius 3 is 1.84 bits per heavy atom. The van der Waals surface area contributed by atoms with Crippen LogP contribution in [0, 0.1) is 11.8 Å². The molecule has 7 rings (SSSR count). The average molecular weight is 677 g/mol. The number of β-amino-alcohol motifs (C(OH)–C–C–N with tert-alkyl or cyclic N) is 1. The van der Waals surface area contributed by atoms with E-state index in [1.165, 1.54) is 25.8 Å². The zero-order valence-electron chi connectivity index (χ0n) is 29.2. The molecule has 0 spiro atoms. The topological polar surface area (TPSA) is 93.2 Å². The SMILES string of the molecule is O=C(NCC1CCCN(CC2CCC2)C1)C1CCCN1C(=O)C1CC(O)CN1C(=O)CC(c1ccccc1)(c1ccccc1)c1ccccc1. The van der Waals surface area contributed by atoms with Gasteiger partial charge in [0.1, 0.15) is 12.1 Å². The smallest absolute Gasteiger partial charge is 0.246 e. The molecule has 4 aliphatic rings. The van der Waals surface area contributed by atoms with Crippen LogP contribution in [0.25, 0.3) is 0 Å². The molecular formula is C42H52N4O4. The molecule has 3 aromatic carbocycles. The lowest BCUT2D eigenvalue weighted by Crippen LogP contribution is -2.54. The van der Waals surface area contributed by atoms with Crippen molar-refractivity contribution < 1.29 is 19.5 Å². The lowest BCUT2D eigenvalue weighted by molar-refractivity contribution is -0.147. The molecule has 3 heterocycles. The fourth-order valence-electron chi connectivity index (χ4n) is 9.01. The van der Waals surface area contributed by atoms with Gasteiger partial charge in [0.05, 0.1) is 11.5 Å². The third-order valence-electron chi connectivity index (χ3n) is 11.8. The first-order valence-electron chi connectivity index (χ1n) is 18.9. The van der Waals surface area contributed by atoms with Gasteiger partial charge in [0.15, 0.2) is 0 Å². The number of hydrogen-bond donors (Lipinski definition) is 2. The molecule has 4 atom stereocenters. The first-order chi connectivity index (χ1) is 24.4. The monoisotopic (exact) mass is 676 g/mol. The van der Waals surface area contributed by atoms with Crippen molar-refractivity contribution in [3.05, 3.63) is 108 Å². The number of nitrogens with zero attached hydrogens (tertiary/aromatic N) is 3. The molecule has 4 unspecified atom stereocenters. The molecule has 3 amide bonds. The van der Waals surface area contributed by atoms with Crippen LogP contribution in [0.2, 0.25) is 0 Å². The zero-order valence-corrected chi connectivity index (χ0v) is 29.2. The van der Waals surface area contributed by atoms with E-state index in [1.54, 1.807) is 9.80 Å². The fraction of sp³-hybridized carbons (Fsp3) is 0.500. The summed E-state index contributed by atoms with van der Waals surface area (Å²) in [4.78, 5) is 48.4. The third-order valence-corrected chi connectivity index (χ3v) is 11.8. The summed E-state index contributed by atoms with van der Waals surface area (Å²) < 4.78 is 0. The van der Waals surface area contributed by atoms with Crippen LogP contribution < -0.4 is 5.32 Å². The van der Waals surface area contributed by atoms with Gasteiger partial charge in [-0.15, -0.1) is 0 Å². The van der Waals surface area contributed by atoms with Crippen molar-refractivity contribution in [3.63, 3.8) is 0 Å². The van der Waals surface area contributed by atoms with Crippen molar-refractivity contribution in [2.45, 2.75) is 81.4 Å². The number of aliphatic hydroxyl groups excluding tert-OH is 1. The predicted molar refractivity (Wildman–Crippen MR) is 194 cm³/mol. The minimum absolute atomic E-state index is 0.0879. The van der Waals surface area contributed by atoms with Crippen LogP contribution in [-0.4, -0.2) is 95.0 Å². The Morgan fingerprint density at radius 1 is 0.680 bits per heavy atom. The first-order valence-corrected chi connectivity index (χ1v) is 18.9. The molecule has 0 bridgehead atoms. The first kappa shape index (κ1) is 34.4. The average Bonchev–Trinajstić information content (AvgIpc) is 3.80. The zero-order chi connectivity index (χ0) is 34.5. The molecule has 4 fully saturated rings. The summed E-state index contributed by atoms with van der Waals surface area (Å²) in [6.45, 7) is 4.56. The van der Waals surface area contributed by atoms with Crippen LogP contribution >= 0.6 is 0 Å². The Kier molecular flexibility index (Phi) is 10.7. The molecule has 0 aromatic heterocycles. The highest BCUT2D eigenvalue weighted by molar-refractivity contribution is 5.93.